The number of hydrogen-bond acceptors (Lipinski definition) is 4. The van der Waals surface area contributed by atoms with Gasteiger partial charge in [0.1, 0.15) is 0 Å². The lowest BCUT2D eigenvalue weighted by Crippen LogP contribution is -2.42. The van der Waals surface area contributed by atoms with Gasteiger partial charge in [0.2, 0.25) is 6.20 Å². The number of aromatic amines is 1. The molecular formula is C3H3N4O4+. The topological polar surface area (TPSA) is 106 Å². The van der Waals surface area contributed by atoms with Gasteiger partial charge in [-0.3, -0.25) is 0 Å². The Kier molecular flexibility index (Phi) is 1.51. The van der Waals surface area contributed by atoms with Crippen LogP contribution >= 0.6 is 0 Å². The van der Waals surface area contributed by atoms with Crippen molar-refractivity contribution in [3.63, 3.8) is 0 Å². The van der Waals surface area contributed by atoms with Gasteiger partial charge in [0.05, 0.1) is 4.92 Å². The fraction of sp³-hybridized carbons (Fsp3) is 0. The third kappa shape index (κ3) is 1.13. The molecule has 1 N–H and O–H groups in total. The van der Waals surface area contributed by atoms with E-state index in [1.807, 2.05) is 0 Å². The highest BCUT2D eigenvalue weighted by atomic mass is 16.7. The molecule has 0 bridgehead atoms. The van der Waals surface area contributed by atoms with Crippen LogP contribution in [0.25, 0.3) is 0 Å². The van der Waals surface area contributed by atoms with Crippen molar-refractivity contribution in [2.75, 3.05) is 0 Å². The molecule has 1 rings (SSSR count). The van der Waals surface area contributed by atoms with Crippen LogP contribution in [0, 0.1) is 20.2 Å². The van der Waals surface area contributed by atoms with Crippen LogP contribution in [0.3, 0.4) is 0 Å². The number of nitrogens with zero attached hydrogens (tertiary/aromatic N) is 3. The van der Waals surface area contributed by atoms with Crippen LogP contribution in [0.4, 0.5) is 5.95 Å². The maximum absolute atomic E-state index is 10.0. The molecule has 0 aliphatic heterocycles. The van der Waals surface area contributed by atoms with E-state index in [0.717, 1.165) is 12.4 Å². The molecule has 0 spiro atoms. The minimum Gasteiger partial charge on any atom is -0.320 e. The lowest BCUT2D eigenvalue weighted by Gasteiger charge is -1.80. The molecule has 0 fully saturated rings. The van der Waals surface area contributed by atoms with Crippen molar-refractivity contribution in [3.8, 4) is 0 Å². The van der Waals surface area contributed by atoms with Crippen molar-refractivity contribution < 1.29 is 14.6 Å². The second-order valence-electron chi connectivity index (χ2n) is 1.62. The average Bonchev–Trinajstić information content (AvgIpc) is 2.32. The van der Waals surface area contributed by atoms with Gasteiger partial charge in [0.25, 0.3) is 5.03 Å². The number of nitro groups is 2. The summed E-state index contributed by atoms with van der Waals surface area (Å²) in [7, 11) is 0. The van der Waals surface area contributed by atoms with Gasteiger partial charge in [-0.1, -0.05) is 0 Å². The predicted molar refractivity (Wildman–Crippen MR) is 30.0 cm³/mol. The average molecular weight is 159 g/mol. The van der Waals surface area contributed by atoms with E-state index in [4.69, 9.17) is 0 Å². The summed E-state index contributed by atoms with van der Waals surface area (Å²) in [6.45, 7) is 0. The Balaban J connectivity index is 3.16. The molecule has 1 aromatic heterocycles. The van der Waals surface area contributed by atoms with Gasteiger partial charge < -0.3 is 10.1 Å². The number of rotatable bonds is 2. The van der Waals surface area contributed by atoms with Crippen molar-refractivity contribution >= 4 is 5.95 Å². The minimum absolute atomic E-state index is 0.292. The first kappa shape index (κ1) is 7.12. The number of H-pyrrole nitrogens is 1. The summed E-state index contributed by atoms with van der Waals surface area (Å²) in [6.07, 6.45) is 2.07. The van der Waals surface area contributed by atoms with Crippen molar-refractivity contribution in [3.05, 3.63) is 32.6 Å². The molecule has 0 saturated heterocycles. The fourth-order valence-electron chi connectivity index (χ4n) is 0.587. The Morgan fingerprint density at radius 2 is 2.09 bits per heavy atom. The van der Waals surface area contributed by atoms with E-state index in [0.29, 0.717) is 4.68 Å². The maximum Gasteiger partial charge on any atom is 0.643 e. The fourth-order valence-corrected chi connectivity index (χ4v) is 0.587. The van der Waals surface area contributed by atoms with E-state index in [1.54, 1.807) is 0 Å². The predicted octanol–water partition coefficient (Wildman–Crippen LogP) is -0.750. The summed E-state index contributed by atoms with van der Waals surface area (Å²) in [4.78, 5) is 21.3. The van der Waals surface area contributed by atoms with Crippen molar-refractivity contribution in [1.82, 2.24) is 4.98 Å². The van der Waals surface area contributed by atoms with Crippen molar-refractivity contribution in [2.45, 2.75) is 0 Å². The first-order valence-corrected chi connectivity index (χ1v) is 2.51. The highest BCUT2D eigenvalue weighted by Gasteiger charge is 2.31. The highest BCUT2D eigenvalue weighted by molar-refractivity contribution is 4.89. The first-order chi connectivity index (χ1) is 5.13. The summed E-state index contributed by atoms with van der Waals surface area (Å²) in [5, 5.41) is 19.2. The van der Waals surface area contributed by atoms with E-state index < -0.39 is 15.9 Å². The van der Waals surface area contributed by atoms with E-state index in [-0.39, 0.29) is 0 Å². The zero-order chi connectivity index (χ0) is 8.43. The molecule has 0 aliphatic carbocycles. The molecule has 0 saturated carbocycles. The molecule has 0 unspecified atom stereocenters. The van der Waals surface area contributed by atoms with Crippen LogP contribution in [0.1, 0.15) is 0 Å². The number of nitrogens with one attached hydrogen (secondary N) is 1. The van der Waals surface area contributed by atoms with Crippen LogP contribution in [0.5, 0.6) is 0 Å². The van der Waals surface area contributed by atoms with Gasteiger partial charge in [0.15, 0.2) is 10.9 Å². The van der Waals surface area contributed by atoms with Crippen LogP contribution in [0.2, 0.25) is 0 Å². The Morgan fingerprint density at radius 1 is 1.45 bits per heavy atom. The molecule has 0 amide bonds. The molecular weight excluding hydrogens is 156 g/mol. The molecule has 8 nitrogen and oxygen atoms in total. The van der Waals surface area contributed by atoms with Gasteiger partial charge in [-0.15, -0.1) is 0 Å². The van der Waals surface area contributed by atoms with Crippen molar-refractivity contribution in [2.24, 2.45) is 0 Å². The van der Waals surface area contributed by atoms with Gasteiger partial charge >= 0.3 is 5.95 Å². The Hall–Kier alpha value is -1.99. The summed E-state index contributed by atoms with van der Waals surface area (Å²) in [5.41, 5.74) is 0. The Bertz CT molecular complexity index is 276. The quantitative estimate of drug-likeness (QED) is 0.348. The molecule has 8 heteroatoms. The second-order valence-corrected chi connectivity index (χ2v) is 1.62. The lowest BCUT2D eigenvalue weighted by atomic mass is 11.0. The Labute approximate surface area is 59.3 Å². The van der Waals surface area contributed by atoms with Crippen LogP contribution in [0.15, 0.2) is 12.4 Å². The van der Waals surface area contributed by atoms with Crippen LogP contribution < -0.4 is 4.68 Å². The summed E-state index contributed by atoms with van der Waals surface area (Å²) >= 11 is 0. The zero-order valence-corrected chi connectivity index (χ0v) is 5.13. The lowest BCUT2D eigenvalue weighted by molar-refractivity contribution is -1.20. The second kappa shape index (κ2) is 2.33. The SMILES string of the molecule is O=[N+]([O-])c1[nH]cc[n+]1[N+](=O)[O-]. The molecule has 1 aromatic rings. The molecule has 11 heavy (non-hydrogen) atoms. The molecule has 0 aromatic carbocycles. The largest absolute Gasteiger partial charge is 0.643 e. The summed E-state index contributed by atoms with van der Waals surface area (Å²) in [5.74, 6) is -0.671. The van der Waals surface area contributed by atoms with Gasteiger partial charge in [-0.25, -0.2) is 10.1 Å². The molecule has 1 heterocycles. The highest BCUT2D eigenvalue weighted by Crippen LogP contribution is 1.95. The molecule has 0 atom stereocenters. The number of imidazole rings is 1. The van der Waals surface area contributed by atoms with Gasteiger partial charge in [-0.05, 0) is 0 Å². The summed E-state index contributed by atoms with van der Waals surface area (Å²) in [6, 6.07) is 0. The monoisotopic (exact) mass is 159 g/mol. The third-order valence-electron chi connectivity index (χ3n) is 0.994. The smallest absolute Gasteiger partial charge is 0.320 e. The molecule has 0 radical (unpaired) electrons. The van der Waals surface area contributed by atoms with Gasteiger partial charge in [0, 0.05) is 0 Å². The van der Waals surface area contributed by atoms with E-state index in [9.17, 15) is 20.2 Å². The van der Waals surface area contributed by atoms with E-state index in [2.05, 4.69) is 4.98 Å². The molecule has 0 aliphatic rings. The van der Waals surface area contributed by atoms with E-state index in [1.165, 1.54) is 0 Å². The maximum atomic E-state index is 10.0. The Morgan fingerprint density at radius 3 is 2.45 bits per heavy atom. The first-order valence-electron chi connectivity index (χ1n) is 2.51. The van der Waals surface area contributed by atoms with E-state index >= 15 is 0 Å². The van der Waals surface area contributed by atoms with Crippen LogP contribution in [-0.4, -0.2) is 14.9 Å². The summed E-state index contributed by atoms with van der Waals surface area (Å²) < 4.78 is 0.292. The minimum atomic E-state index is -0.894. The number of hydrogen-bond donors (Lipinski definition) is 1. The van der Waals surface area contributed by atoms with Crippen molar-refractivity contribution in [1.29, 1.82) is 0 Å². The van der Waals surface area contributed by atoms with Gasteiger partial charge in [-0.2, -0.15) is 4.98 Å². The number of aromatic nitrogens is 2. The zero-order valence-electron chi connectivity index (χ0n) is 5.13. The third-order valence-corrected chi connectivity index (χ3v) is 0.994. The van der Waals surface area contributed by atoms with Crippen LogP contribution in [-0.2, 0) is 0 Å². The molecule has 58 valence electrons. The standard InChI is InChI=1S/C3H2N4O4/c8-6(9)3-4-1-2-5(3)7(10)11/h1-2H/p+1. The normalized spacial score (nSPS) is 9.45.